The van der Waals surface area contributed by atoms with E-state index in [9.17, 15) is 13.2 Å². The minimum atomic E-state index is -2.96. The first kappa shape index (κ1) is 22.0. The highest BCUT2D eigenvalue weighted by atomic mass is 32.2. The third-order valence-electron chi connectivity index (χ3n) is 8.67. The van der Waals surface area contributed by atoms with Crippen LogP contribution in [-0.2, 0) is 9.84 Å². The van der Waals surface area contributed by atoms with Gasteiger partial charge in [-0.2, -0.15) is 0 Å². The number of sulfone groups is 1. The quantitative estimate of drug-likeness (QED) is 0.655. The molecule has 5 fully saturated rings. The summed E-state index contributed by atoms with van der Waals surface area (Å²) in [6, 6.07) is 5.58. The van der Waals surface area contributed by atoms with E-state index in [4.69, 9.17) is 0 Å². The Labute approximate surface area is 200 Å². The summed E-state index contributed by atoms with van der Waals surface area (Å²) in [5.41, 5.74) is 3.02. The highest BCUT2D eigenvalue weighted by Gasteiger charge is 2.50. The van der Waals surface area contributed by atoms with Crippen molar-refractivity contribution in [2.24, 2.45) is 28.2 Å². The predicted molar refractivity (Wildman–Crippen MR) is 134 cm³/mol. The van der Waals surface area contributed by atoms with Crippen LogP contribution in [0.2, 0.25) is 0 Å². The number of hydrogen-bond acceptors (Lipinski definition) is 6. The monoisotopic (exact) mass is 487 g/mol. The maximum Gasteiger partial charge on any atom is 0.251 e. The van der Waals surface area contributed by atoms with Crippen molar-refractivity contribution < 1.29 is 13.2 Å². The number of carbonyl (C=O) groups is 1. The molecule has 4 aliphatic carbocycles. The minimum Gasteiger partial charge on any atom is -0.352 e. The number of nitrogens with zero attached hydrogens (tertiary/aromatic N) is 1. The molecule has 2 heterocycles. The fourth-order valence-corrected chi connectivity index (χ4v) is 11.2. The fraction of sp³-hybridized carbons (Fsp3) is 0.680. The summed E-state index contributed by atoms with van der Waals surface area (Å²) in [5, 5.41) is 7.29. The Morgan fingerprint density at radius 2 is 1.82 bits per heavy atom. The van der Waals surface area contributed by atoms with E-state index in [-0.39, 0.29) is 28.7 Å². The van der Waals surface area contributed by atoms with Crippen molar-refractivity contribution >= 4 is 38.4 Å². The third-order valence-corrected chi connectivity index (χ3v) is 11.8. The van der Waals surface area contributed by atoms with Crippen LogP contribution in [0.25, 0.3) is 0 Å². The van der Waals surface area contributed by atoms with Gasteiger partial charge in [-0.1, -0.05) is 17.8 Å². The molecule has 6 nitrogen and oxygen atoms in total. The summed E-state index contributed by atoms with van der Waals surface area (Å²) >= 11 is 1.50. The highest BCUT2D eigenvalue weighted by molar-refractivity contribution is 8.15. The van der Waals surface area contributed by atoms with Gasteiger partial charge in [-0.05, 0) is 92.7 Å². The van der Waals surface area contributed by atoms with Gasteiger partial charge in [-0.3, -0.25) is 9.79 Å². The zero-order valence-electron chi connectivity index (χ0n) is 19.2. The van der Waals surface area contributed by atoms with Gasteiger partial charge in [0, 0.05) is 23.0 Å². The van der Waals surface area contributed by atoms with Crippen molar-refractivity contribution in [3.05, 3.63) is 29.3 Å². The van der Waals surface area contributed by atoms with Crippen LogP contribution in [-0.4, -0.2) is 48.8 Å². The minimum absolute atomic E-state index is 0.00821. The van der Waals surface area contributed by atoms with Crippen molar-refractivity contribution in [2.75, 3.05) is 23.4 Å². The van der Waals surface area contributed by atoms with Gasteiger partial charge < -0.3 is 10.6 Å². The average Bonchev–Trinajstić information content (AvgIpc) is 3.21. The van der Waals surface area contributed by atoms with Crippen LogP contribution in [0.5, 0.6) is 0 Å². The molecule has 1 amide bonds. The van der Waals surface area contributed by atoms with E-state index in [0.717, 1.165) is 47.1 Å². The summed E-state index contributed by atoms with van der Waals surface area (Å²) in [6.45, 7) is 2.75. The lowest BCUT2D eigenvalue weighted by Crippen LogP contribution is -2.47. The topological polar surface area (TPSA) is 87.6 Å². The first-order valence-corrected chi connectivity index (χ1v) is 15.1. The molecular formula is C25H33N3O3S2. The number of anilines is 1. The maximum absolute atomic E-state index is 12.9. The number of aliphatic imine (C=N–C) groups is 1. The molecule has 0 spiro atoms. The standard InChI is InChI=1S/C25H33N3O3S2/c1-15-2-3-19(9-20(15)27-24-28-21-13-33(30,31)14-22(21)32-24)23(29)26-5-4-25-10-16-6-17(11-25)8-18(7-16)12-25/h2-3,9,16-18,21-22H,4-8,10-14H2,1H3,(H,26,29)(H,27,28)/t16?,17?,18?,21-,22+,25?/m1/s1. The lowest BCUT2D eigenvalue weighted by atomic mass is 9.49. The molecule has 4 saturated carbocycles. The Morgan fingerprint density at radius 3 is 2.48 bits per heavy atom. The smallest absolute Gasteiger partial charge is 0.251 e. The van der Waals surface area contributed by atoms with Crippen LogP contribution in [0, 0.1) is 30.1 Å². The third kappa shape index (κ3) is 4.33. The van der Waals surface area contributed by atoms with Crippen LogP contribution in [0.4, 0.5) is 5.69 Å². The zero-order valence-corrected chi connectivity index (χ0v) is 20.8. The molecule has 33 heavy (non-hydrogen) atoms. The van der Waals surface area contributed by atoms with Gasteiger partial charge in [0.05, 0.1) is 17.5 Å². The second kappa shape index (κ2) is 8.01. The van der Waals surface area contributed by atoms with E-state index in [2.05, 4.69) is 15.6 Å². The van der Waals surface area contributed by atoms with Crippen molar-refractivity contribution in [1.29, 1.82) is 0 Å². The van der Waals surface area contributed by atoms with Crippen LogP contribution in [0.15, 0.2) is 23.2 Å². The van der Waals surface area contributed by atoms with Gasteiger partial charge in [0.2, 0.25) is 0 Å². The van der Waals surface area contributed by atoms with Crippen molar-refractivity contribution in [2.45, 2.75) is 63.2 Å². The number of amides is 1. The summed E-state index contributed by atoms with van der Waals surface area (Å²) in [5.74, 6) is 3.13. The molecule has 0 aromatic heterocycles. The molecule has 1 aromatic rings. The first-order valence-electron chi connectivity index (χ1n) is 12.4. The number of amidine groups is 1. The van der Waals surface area contributed by atoms with Gasteiger partial charge in [-0.15, -0.1) is 0 Å². The summed E-state index contributed by atoms with van der Waals surface area (Å²) in [4.78, 5) is 17.5. The molecule has 1 saturated heterocycles. The predicted octanol–water partition coefficient (Wildman–Crippen LogP) is 4.01. The van der Waals surface area contributed by atoms with Crippen molar-refractivity contribution in [3.63, 3.8) is 0 Å². The van der Waals surface area contributed by atoms with Gasteiger partial charge in [-0.25, -0.2) is 8.42 Å². The number of rotatable bonds is 5. The number of thioether (sulfide) groups is 1. The van der Waals surface area contributed by atoms with E-state index in [0.29, 0.717) is 11.0 Å². The van der Waals surface area contributed by atoms with Crippen molar-refractivity contribution in [3.8, 4) is 0 Å². The second-order valence-corrected chi connectivity index (χ2v) is 14.7. The molecule has 2 atom stereocenters. The van der Waals surface area contributed by atoms with Gasteiger partial charge >= 0.3 is 0 Å². The van der Waals surface area contributed by atoms with E-state index in [1.807, 2.05) is 25.1 Å². The zero-order chi connectivity index (χ0) is 22.8. The second-order valence-electron chi connectivity index (χ2n) is 11.3. The van der Waals surface area contributed by atoms with E-state index < -0.39 is 9.84 Å². The SMILES string of the molecule is Cc1ccc(C(=O)NCCC23CC4CC(CC(C4)C2)C3)cc1NC1=N[C@@H]2CS(=O)(=O)C[C@@H]2S1. The Morgan fingerprint density at radius 1 is 1.12 bits per heavy atom. The van der Waals surface area contributed by atoms with Gasteiger partial charge in [0.25, 0.3) is 5.91 Å². The van der Waals surface area contributed by atoms with Crippen LogP contribution >= 0.6 is 11.8 Å². The molecule has 0 radical (unpaired) electrons. The lowest BCUT2D eigenvalue weighted by molar-refractivity contribution is -0.0564. The molecule has 1 aromatic carbocycles. The largest absolute Gasteiger partial charge is 0.352 e. The molecule has 8 heteroatoms. The Bertz CT molecular complexity index is 1080. The Hall–Kier alpha value is -1.54. The molecule has 4 bridgehead atoms. The number of carbonyl (C=O) groups excluding carboxylic acids is 1. The molecule has 2 aliphatic heterocycles. The van der Waals surface area contributed by atoms with E-state index in [1.165, 1.54) is 50.3 Å². The number of benzene rings is 1. The molecule has 2 N–H and O–H groups in total. The maximum atomic E-state index is 12.9. The molecule has 0 unspecified atom stereocenters. The van der Waals surface area contributed by atoms with Crippen molar-refractivity contribution in [1.82, 2.24) is 5.32 Å². The fourth-order valence-electron chi connectivity index (χ4n) is 7.57. The van der Waals surface area contributed by atoms with Crippen LogP contribution < -0.4 is 10.6 Å². The first-order chi connectivity index (χ1) is 15.8. The number of aryl methyl sites for hydroxylation is 1. The molecule has 178 valence electrons. The molecular weight excluding hydrogens is 454 g/mol. The van der Waals surface area contributed by atoms with Crippen LogP contribution in [0.1, 0.15) is 60.9 Å². The average molecular weight is 488 g/mol. The normalized spacial score (nSPS) is 37.6. The van der Waals surface area contributed by atoms with Crippen LogP contribution in [0.3, 0.4) is 0 Å². The Balaban J connectivity index is 1.07. The molecule has 7 rings (SSSR count). The van der Waals surface area contributed by atoms with E-state index in [1.54, 1.807) is 0 Å². The summed E-state index contributed by atoms with van der Waals surface area (Å²) in [7, 11) is -2.96. The number of hydrogen-bond donors (Lipinski definition) is 2. The number of nitrogens with one attached hydrogen (secondary N) is 2. The summed E-state index contributed by atoms with van der Waals surface area (Å²) < 4.78 is 23.6. The van der Waals surface area contributed by atoms with Gasteiger partial charge in [0.15, 0.2) is 15.0 Å². The van der Waals surface area contributed by atoms with Gasteiger partial charge in [0.1, 0.15) is 0 Å². The molecule has 6 aliphatic rings. The summed E-state index contributed by atoms with van der Waals surface area (Å²) in [6.07, 6.45) is 9.57. The van der Waals surface area contributed by atoms with E-state index >= 15 is 0 Å². The Kier molecular flexibility index (Phi) is 5.33. The lowest BCUT2D eigenvalue weighted by Gasteiger charge is -2.57. The number of fused-ring (bicyclic) bond motifs is 1. The highest BCUT2D eigenvalue weighted by Crippen LogP contribution is 2.61.